The van der Waals surface area contributed by atoms with Gasteiger partial charge in [-0.15, -0.1) is 0 Å². The van der Waals surface area contributed by atoms with E-state index in [1.165, 1.54) is 31.5 Å². The van der Waals surface area contributed by atoms with Crippen molar-refractivity contribution in [2.75, 3.05) is 7.11 Å². The number of aryl methyl sites for hydroxylation is 1. The molecule has 33 heavy (non-hydrogen) atoms. The molecule has 0 saturated carbocycles. The first-order valence-corrected chi connectivity index (χ1v) is 10.8. The number of hydrogen-bond acceptors (Lipinski definition) is 7. The van der Waals surface area contributed by atoms with Gasteiger partial charge in [-0.3, -0.25) is 14.4 Å². The van der Waals surface area contributed by atoms with Crippen LogP contribution >= 0.6 is 0 Å². The highest BCUT2D eigenvalue weighted by Gasteiger charge is 2.25. The minimum absolute atomic E-state index is 0.0640. The molecule has 0 aliphatic heterocycles. The molecule has 0 bridgehead atoms. The van der Waals surface area contributed by atoms with Crippen molar-refractivity contribution in [1.82, 2.24) is 4.98 Å². The summed E-state index contributed by atoms with van der Waals surface area (Å²) in [6.07, 6.45) is 0.539. The van der Waals surface area contributed by atoms with E-state index in [0.717, 1.165) is 11.1 Å². The Morgan fingerprint density at radius 1 is 1.06 bits per heavy atom. The normalized spacial score (nSPS) is 12.7. The number of carbonyl (C=O) groups excluding carboxylic acids is 3. The Morgan fingerprint density at radius 3 is 2.36 bits per heavy atom. The molecule has 0 unspecified atom stereocenters. The van der Waals surface area contributed by atoms with Gasteiger partial charge < -0.3 is 14.2 Å². The zero-order valence-electron chi connectivity index (χ0n) is 19.8. The van der Waals surface area contributed by atoms with Crippen LogP contribution in [0.25, 0.3) is 0 Å². The second-order valence-electron chi connectivity index (χ2n) is 8.17. The van der Waals surface area contributed by atoms with Crippen LogP contribution in [0.3, 0.4) is 0 Å². The molecule has 1 aromatic carbocycles. The van der Waals surface area contributed by atoms with Gasteiger partial charge in [0, 0.05) is 24.6 Å². The summed E-state index contributed by atoms with van der Waals surface area (Å²) in [6, 6.07) is 5.97. The van der Waals surface area contributed by atoms with E-state index < -0.39 is 29.7 Å². The summed E-state index contributed by atoms with van der Waals surface area (Å²) < 4.78 is 29.4. The van der Waals surface area contributed by atoms with Gasteiger partial charge >= 0.3 is 11.9 Å². The first-order chi connectivity index (χ1) is 15.5. The number of carbonyl (C=O) groups is 3. The van der Waals surface area contributed by atoms with Gasteiger partial charge in [0.25, 0.3) is 0 Å². The van der Waals surface area contributed by atoms with E-state index >= 15 is 0 Å². The Kier molecular flexibility index (Phi) is 9.08. The van der Waals surface area contributed by atoms with Crippen LogP contribution in [-0.2, 0) is 14.3 Å². The van der Waals surface area contributed by atoms with Gasteiger partial charge in [0.15, 0.2) is 17.2 Å². The topological polar surface area (TPSA) is 91.8 Å². The minimum Gasteiger partial charge on any atom is -0.493 e. The summed E-state index contributed by atoms with van der Waals surface area (Å²) in [6.45, 7) is 8.77. The summed E-state index contributed by atoms with van der Waals surface area (Å²) in [5.41, 5.74) is 1.57. The van der Waals surface area contributed by atoms with E-state index in [1.807, 2.05) is 6.92 Å². The molecule has 1 heterocycles. The lowest BCUT2D eigenvalue weighted by Crippen LogP contribution is -2.22. The number of hydrogen-bond donors (Lipinski definition) is 0. The van der Waals surface area contributed by atoms with Crippen LogP contribution in [0.1, 0.15) is 68.1 Å². The maximum atomic E-state index is 13.4. The van der Waals surface area contributed by atoms with Gasteiger partial charge in [-0.2, -0.15) is 0 Å². The summed E-state index contributed by atoms with van der Waals surface area (Å²) in [4.78, 5) is 41.2. The van der Waals surface area contributed by atoms with Crippen molar-refractivity contribution in [1.29, 1.82) is 0 Å². The number of methoxy groups -OCH3 is 1. The predicted octanol–water partition coefficient (Wildman–Crippen LogP) is 4.80. The largest absolute Gasteiger partial charge is 0.493 e. The fourth-order valence-corrected chi connectivity index (χ4v) is 3.21. The Balaban J connectivity index is 2.04. The molecular formula is C25H30FNO6. The van der Waals surface area contributed by atoms with Gasteiger partial charge in [-0.05, 0) is 37.1 Å². The fraction of sp³-hybridized carbons (Fsp3) is 0.440. The van der Waals surface area contributed by atoms with Crippen LogP contribution in [-0.4, -0.2) is 35.9 Å². The van der Waals surface area contributed by atoms with Crippen LogP contribution in [0.2, 0.25) is 0 Å². The van der Waals surface area contributed by atoms with E-state index in [-0.39, 0.29) is 41.8 Å². The first-order valence-electron chi connectivity index (χ1n) is 10.8. The van der Waals surface area contributed by atoms with Crippen LogP contribution < -0.4 is 9.47 Å². The van der Waals surface area contributed by atoms with Crippen molar-refractivity contribution >= 4 is 17.7 Å². The third kappa shape index (κ3) is 6.84. The summed E-state index contributed by atoms with van der Waals surface area (Å²) >= 11 is 0. The molecule has 1 aromatic heterocycles. The molecule has 0 saturated heterocycles. The number of pyridine rings is 1. The van der Waals surface area contributed by atoms with Crippen molar-refractivity contribution in [3.8, 4) is 11.5 Å². The highest BCUT2D eigenvalue weighted by atomic mass is 19.1. The van der Waals surface area contributed by atoms with E-state index in [0.29, 0.717) is 0 Å². The summed E-state index contributed by atoms with van der Waals surface area (Å²) in [5.74, 6) is -2.33. The predicted molar refractivity (Wildman–Crippen MR) is 120 cm³/mol. The number of Topliss-reactive ketones (excluding diaryl/α,β-unsaturated/α-hetero) is 1. The molecule has 0 N–H and O–H groups in total. The number of nitrogens with zero attached hydrogens (tertiary/aromatic N) is 1. The second-order valence-corrected chi connectivity index (χ2v) is 8.17. The molecule has 7 nitrogen and oxygen atoms in total. The van der Waals surface area contributed by atoms with Crippen molar-refractivity contribution < 1.29 is 33.0 Å². The zero-order chi connectivity index (χ0) is 24.7. The van der Waals surface area contributed by atoms with Crippen LogP contribution in [0, 0.1) is 18.7 Å². The van der Waals surface area contributed by atoms with Gasteiger partial charge in [-0.25, -0.2) is 9.37 Å². The molecule has 0 fully saturated rings. The van der Waals surface area contributed by atoms with Crippen LogP contribution in [0.15, 0.2) is 30.5 Å². The molecule has 0 amide bonds. The third-order valence-electron chi connectivity index (χ3n) is 5.33. The maximum absolute atomic E-state index is 13.4. The van der Waals surface area contributed by atoms with E-state index in [4.69, 9.17) is 14.2 Å². The van der Waals surface area contributed by atoms with E-state index in [1.54, 1.807) is 33.8 Å². The average Bonchev–Trinajstić information content (AvgIpc) is 2.76. The van der Waals surface area contributed by atoms with E-state index in [9.17, 15) is 18.8 Å². The van der Waals surface area contributed by atoms with Crippen molar-refractivity contribution in [3.63, 3.8) is 0 Å². The number of halogens is 1. The van der Waals surface area contributed by atoms with Crippen molar-refractivity contribution in [3.05, 3.63) is 53.1 Å². The molecule has 2 rings (SSSR count). The minimum atomic E-state index is -0.550. The lowest BCUT2D eigenvalue weighted by atomic mass is 9.92. The highest BCUT2D eigenvalue weighted by Crippen LogP contribution is 2.31. The molecule has 0 aliphatic rings. The molecule has 0 spiro atoms. The Bertz CT molecular complexity index is 1020. The second kappa shape index (κ2) is 11.5. The van der Waals surface area contributed by atoms with E-state index in [2.05, 4.69) is 4.98 Å². The molecule has 2 aromatic rings. The standard InChI is InChI=1S/C25H30FNO6/c1-14(2)25(30)33-24-21(31-6)11-12-27-23(24)20(28)9-10-22(29)32-17(5)16(4)19-8-7-18(26)13-15(19)3/h7-8,11-14,16-17H,9-10H2,1-6H3/t16-,17-/m0/s1. The van der Waals surface area contributed by atoms with Crippen molar-refractivity contribution in [2.45, 2.75) is 59.5 Å². The number of ether oxygens (including phenoxy) is 3. The highest BCUT2D eigenvalue weighted by molar-refractivity contribution is 5.99. The Hall–Kier alpha value is -3.29. The van der Waals surface area contributed by atoms with Gasteiger partial charge in [0.1, 0.15) is 11.9 Å². The fourth-order valence-electron chi connectivity index (χ4n) is 3.21. The third-order valence-corrected chi connectivity index (χ3v) is 5.33. The van der Waals surface area contributed by atoms with Gasteiger partial charge in [0.2, 0.25) is 5.75 Å². The molecule has 0 radical (unpaired) electrons. The quantitative estimate of drug-likeness (QED) is 0.372. The first kappa shape index (κ1) is 26.0. The summed E-state index contributed by atoms with van der Waals surface area (Å²) in [7, 11) is 1.39. The van der Waals surface area contributed by atoms with Gasteiger partial charge in [-0.1, -0.05) is 26.8 Å². The van der Waals surface area contributed by atoms with Crippen molar-refractivity contribution in [2.24, 2.45) is 5.92 Å². The number of esters is 2. The number of rotatable bonds is 10. The molecule has 2 atom stereocenters. The molecular weight excluding hydrogens is 429 g/mol. The maximum Gasteiger partial charge on any atom is 0.313 e. The Labute approximate surface area is 193 Å². The monoisotopic (exact) mass is 459 g/mol. The zero-order valence-corrected chi connectivity index (χ0v) is 19.8. The van der Waals surface area contributed by atoms with Crippen LogP contribution in [0.4, 0.5) is 4.39 Å². The van der Waals surface area contributed by atoms with Crippen LogP contribution in [0.5, 0.6) is 11.5 Å². The average molecular weight is 460 g/mol. The molecule has 8 heteroatoms. The lowest BCUT2D eigenvalue weighted by molar-refractivity contribution is -0.149. The lowest BCUT2D eigenvalue weighted by Gasteiger charge is -2.22. The molecule has 0 aliphatic carbocycles. The summed E-state index contributed by atoms with van der Waals surface area (Å²) in [5, 5.41) is 0. The number of benzene rings is 1. The SMILES string of the molecule is COc1ccnc(C(=O)CCC(=O)O[C@@H](C)[C@H](C)c2ccc(F)cc2C)c1OC(=O)C(C)C. The number of ketones is 1. The Morgan fingerprint density at radius 2 is 1.76 bits per heavy atom. The van der Waals surface area contributed by atoms with Gasteiger partial charge in [0.05, 0.1) is 19.4 Å². The smallest absolute Gasteiger partial charge is 0.313 e. The number of aromatic nitrogens is 1. The molecule has 178 valence electrons.